The molecular weight excluding hydrogens is 375 g/mol. The highest BCUT2D eigenvalue weighted by Gasteiger charge is 2.26. The number of nitro groups is 1. The van der Waals surface area contributed by atoms with Crippen LogP contribution >= 0.6 is 22.6 Å². The maximum Gasteiger partial charge on any atom is 0.308 e. The highest BCUT2D eigenvalue weighted by atomic mass is 127. The van der Waals surface area contributed by atoms with Gasteiger partial charge in [0.15, 0.2) is 0 Å². The van der Waals surface area contributed by atoms with E-state index in [1.807, 2.05) is 0 Å². The van der Waals surface area contributed by atoms with Crippen molar-refractivity contribution in [3.63, 3.8) is 0 Å². The van der Waals surface area contributed by atoms with Crippen molar-refractivity contribution in [2.75, 3.05) is 25.1 Å². The molecule has 7 heteroatoms. The predicted octanol–water partition coefficient (Wildman–Crippen LogP) is 2.59. The van der Waals surface area contributed by atoms with E-state index in [2.05, 4.69) is 27.5 Å². The van der Waals surface area contributed by atoms with Gasteiger partial charge in [-0.25, -0.2) is 0 Å². The molecule has 1 aliphatic rings. The number of rotatable bonds is 3. The van der Waals surface area contributed by atoms with E-state index < -0.39 is 4.92 Å². The van der Waals surface area contributed by atoms with E-state index in [1.165, 1.54) is 13.2 Å². The van der Waals surface area contributed by atoms with Crippen molar-refractivity contribution >= 4 is 39.9 Å². The van der Waals surface area contributed by atoms with Gasteiger partial charge in [-0.15, -0.1) is 0 Å². The second-order valence-electron chi connectivity index (χ2n) is 4.68. The third-order valence-corrected chi connectivity index (χ3v) is 4.38. The number of piperidine rings is 1. The van der Waals surface area contributed by atoms with Gasteiger partial charge in [-0.1, -0.05) is 0 Å². The van der Waals surface area contributed by atoms with Crippen LogP contribution in [0.1, 0.15) is 12.8 Å². The third kappa shape index (κ3) is 3.20. The Morgan fingerprint density at radius 2 is 2.10 bits per heavy atom. The molecule has 0 aromatic heterocycles. The lowest BCUT2D eigenvalue weighted by Gasteiger charge is -2.33. The SMILES string of the molecule is COC(=O)C1CCN(c2ccc([N+](=O)[O-])cc2I)CC1. The first-order valence-electron chi connectivity index (χ1n) is 6.29. The Morgan fingerprint density at radius 3 is 2.60 bits per heavy atom. The summed E-state index contributed by atoms with van der Waals surface area (Å²) in [7, 11) is 1.41. The Bertz CT molecular complexity index is 527. The molecule has 20 heavy (non-hydrogen) atoms. The number of halogens is 1. The van der Waals surface area contributed by atoms with Gasteiger partial charge in [0.25, 0.3) is 5.69 Å². The smallest absolute Gasteiger partial charge is 0.308 e. The van der Waals surface area contributed by atoms with E-state index >= 15 is 0 Å². The molecule has 1 saturated heterocycles. The van der Waals surface area contributed by atoms with Gasteiger partial charge in [0.1, 0.15) is 0 Å². The number of nitrogens with zero attached hydrogens (tertiary/aromatic N) is 2. The van der Waals surface area contributed by atoms with Crippen molar-refractivity contribution in [1.82, 2.24) is 0 Å². The first-order chi connectivity index (χ1) is 9.52. The van der Waals surface area contributed by atoms with Crippen molar-refractivity contribution in [3.8, 4) is 0 Å². The minimum Gasteiger partial charge on any atom is -0.469 e. The first kappa shape index (κ1) is 15.0. The van der Waals surface area contributed by atoms with Crippen LogP contribution in [-0.4, -0.2) is 31.1 Å². The summed E-state index contributed by atoms with van der Waals surface area (Å²) < 4.78 is 5.62. The molecule has 0 amide bonds. The molecule has 1 aliphatic heterocycles. The second-order valence-corrected chi connectivity index (χ2v) is 5.84. The number of ether oxygens (including phenoxy) is 1. The molecule has 0 unspecified atom stereocenters. The van der Waals surface area contributed by atoms with Gasteiger partial charge in [0.2, 0.25) is 0 Å². The Balaban J connectivity index is 2.07. The van der Waals surface area contributed by atoms with Crippen LogP contribution in [0.5, 0.6) is 0 Å². The number of methoxy groups -OCH3 is 1. The standard InChI is InChI=1S/C13H15IN2O4/c1-20-13(17)9-4-6-15(7-5-9)12-3-2-10(16(18)19)8-11(12)14/h2-3,8-9H,4-7H2,1H3. The summed E-state index contributed by atoms with van der Waals surface area (Å²) in [5.41, 5.74) is 1.09. The minimum absolute atomic E-state index is 0.0352. The van der Waals surface area contributed by atoms with E-state index in [0.717, 1.165) is 35.2 Å². The molecule has 0 bridgehead atoms. The van der Waals surface area contributed by atoms with Crippen LogP contribution in [0.4, 0.5) is 11.4 Å². The predicted molar refractivity (Wildman–Crippen MR) is 82.8 cm³/mol. The summed E-state index contributed by atoms with van der Waals surface area (Å²) in [6, 6.07) is 4.87. The number of hydrogen-bond donors (Lipinski definition) is 0. The molecule has 0 radical (unpaired) electrons. The number of non-ortho nitro benzene ring substituents is 1. The van der Waals surface area contributed by atoms with Gasteiger partial charge in [0, 0.05) is 28.8 Å². The molecule has 2 rings (SSSR count). The molecule has 0 N–H and O–H groups in total. The molecule has 6 nitrogen and oxygen atoms in total. The van der Waals surface area contributed by atoms with E-state index in [-0.39, 0.29) is 17.6 Å². The fraction of sp³-hybridized carbons (Fsp3) is 0.462. The number of nitro benzene ring substituents is 1. The Hall–Kier alpha value is -1.38. The van der Waals surface area contributed by atoms with E-state index in [9.17, 15) is 14.9 Å². The van der Waals surface area contributed by atoms with Gasteiger partial charge in [-0.3, -0.25) is 14.9 Å². The summed E-state index contributed by atoms with van der Waals surface area (Å²) >= 11 is 2.11. The first-order valence-corrected chi connectivity index (χ1v) is 7.37. The van der Waals surface area contributed by atoms with Crippen molar-refractivity contribution in [3.05, 3.63) is 31.9 Å². The second kappa shape index (κ2) is 6.38. The van der Waals surface area contributed by atoms with Crippen molar-refractivity contribution < 1.29 is 14.5 Å². The number of benzene rings is 1. The van der Waals surface area contributed by atoms with E-state index in [1.54, 1.807) is 12.1 Å². The lowest BCUT2D eigenvalue weighted by atomic mass is 9.96. The maximum atomic E-state index is 11.5. The van der Waals surface area contributed by atoms with Crippen molar-refractivity contribution in [1.29, 1.82) is 0 Å². The summed E-state index contributed by atoms with van der Waals surface area (Å²) in [6.07, 6.45) is 1.50. The summed E-state index contributed by atoms with van der Waals surface area (Å²) in [5, 5.41) is 10.7. The van der Waals surface area contributed by atoms with E-state index in [4.69, 9.17) is 4.74 Å². The molecule has 108 valence electrons. The molecule has 0 spiro atoms. The molecule has 0 saturated carbocycles. The van der Waals surface area contributed by atoms with Crippen LogP contribution in [-0.2, 0) is 9.53 Å². The molecule has 0 aliphatic carbocycles. The van der Waals surface area contributed by atoms with Gasteiger partial charge in [0.05, 0.1) is 23.6 Å². The van der Waals surface area contributed by atoms with Crippen LogP contribution in [0, 0.1) is 19.6 Å². The molecule has 1 heterocycles. The molecule has 1 fully saturated rings. The van der Waals surface area contributed by atoms with Crippen LogP contribution < -0.4 is 4.90 Å². The Morgan fingerprint density at radius 1 is 1.45 bits per heavy atom. The largest absolute Gasteiger partial charge is 0.469 e. The summed E-state index contributed by atoms with van der Waals surface area (Å²) in [6.45, 7) is 1.52. The average molecular weight is 390 g/mol. The lowest BCUT2D eigenvalue weighted by Crippen LogP contribution is -2.37. The zero-order valence-electron chi connectivity index (χ0n) is 11.0. The third-order valence-electron chi connectivity index (χ3n) is 3.51. The summed E-state index contributed by atoms with van der Waals surface area (Å²) in [4.78, 5) is 24.0. The fourth-order valence-electron chi connectivity index (χ4n) is 2.39. The van der Waals surface area contributed by atoms with Crippen molar-refractivity contribution in [2.24, 2.45) is 5.92 Å². The van der Waals surface area contributed by atoms with Gasteiger partial charge in [-0.2, -0.15) is 0 Å². The number of carbonyl (C=O) groups excluding carboxylic acids is 1. The number of hydrogen-bond acceptors (Lipinski definition) is 5. The van der Waals surface area contributed by atoms with Gasteiger partial charge >= 0.3 is 5.97 Å². The Kier molecular flexibility index (Phi) is 4.79. The Labute approximate surface area is 130 Å². The van der Waals surface area contributed by atoms with Crippen molar-refractivity contribution in [2.45, 2.75) is 12.8 Å². The highest BCUT2D eigenvalue weighted by Crippen LogP contribution is 2.30. The minimum atomic E-state index is -0.393. The zero-order chi connectivity index (χ0) is 14.7. The average Bonchev–Trinajstić information content (AvgIpc) is 2.46. The van der Waals surface area contributed by atoms with E-state index in [0.29, 0.717) is 0 Å². The van der Waals surface area contributed by atoms with Crippen LogP contribution in [0.25, 0.3) is 0 Å². The molecular formula is C13H15IN2O4. The molecule has 0 atom stereocenters. The number of esters is 1. The fourth-order valence-corrected chi connectivity index (χ4v) is 3.23. The van der Waals surface area contributed by atoms with Crippen LogP contribution in [0.2, 0.25) is 0 Å². The number of anilines is 1. The monoisotopic (exact) mass is 390 g/mol. The van der Waals surface area contributed by atoms with Gasteiger partial charge < -0.3 is 9.64 Å². The maximum absolute atomic E-state index is 11.5. The lowest BCUT2D eigenvalue weighted by molar-refractivity contribution is -0.384. The van der Waals surface area contributed by atoms with Crippen LogP contribution in [0.15, 0.2) is 18.2 Å². The normalized spacial score (nSPS) is 16.0. The zero-order valence-corrected chi connectivity index (χ0v) is 13.2. The quantitative estimate of drug-likeness (QED) is 0.343. The molecule has 1 aromatic rings. The highest BCUT2D eigenvalue weighted by molar-refractivity contribution is 14.1. The van der Waals surface area contributed by atoms with Gasteiger partial charge in [-0.05, 0) is 41.5 Å². The summed E-state index contributed by atoms with van der Waals surface area (Å²) in [5.74, 6) is -0.185. The van der Waals surface area contributed by atoms with Crippen LogP contribution in [0.3, 0.4) is 0 Å². The number of carbonyl (C=O) groups is 1. The topological polar surface area (TPSA) is 72.7 Å². The molecule has 1 aromatic carbocycles.